The summed E-state index contributed by atoms with van der Waals surface area (Å²) in [6, 6.07) is 4.53. The predicted molar refractivity (Wildman–Crippen MR) is 93.6 cm³/mol. The van der Waals surface area contributed by atoms with Gasteiger partial charge in [-0.15, -0.1) is 0 Å². The molecule has 24 heavy (non-hydrogen) atoms. The summed E-state index contributed by atoms with van der Waals surface area (Å²) in [5.74, 6) is -1.13. The average Bonchev–Trinajstić information content (AvgIpc) is 2.54. The van der Waals surface area contributed by atoms with Crippen molar-refractivity contribution in [1.82, 2.24) is 10.0 Å². The lowest BCUT2D eigenvalue weighted by atomic mass is 9.96. The smallest absolute Gasteiger partial charge is 0.278 e. The zero-order chi connectivity index (χ0) is 17.9. The molecule has 0 unspecified atom stereocenters. The van der Waals surface area contributed by atoms with Crippen molar-refractivity contribution in [3.8, 4) is 0 Å². The predicted octanol–water partition coefficient (Wildman–Crippen LogP) is 0.861. The fraction of sp³-hybridized carbons (Fsp3) is 0.200. The van der Waals surface area contributed by atoms with Crippen LogP contribution in [-0.2, 0) is 11.9 Å². The third kappa shape index (κ3) is 3.77. The highest BCUT2D eigenvalue weighted by molar-refractivity contribution is 6.34. The van der Waals surface area contributed by atoms with Crippen molar-refractivity contribution in [3.63, 3.8) is 0 Å². The minimum Gasteiger partial charge on any atom is -0.351 e. The van der Waals surface area contributed by atoms with E-state index in [1.807, 2.05) is 0 Å². The normalized spacial score (nSPS) is 10.5. The maximum absolute atomic E-state index is 14.1. The summed E-state index contributed by atoms with van der Waals surface area (Å²) < 4.78 is 15.2. The number of halogens is 2. The number of nitrogens with one attached hydrogen (secondary N) is 2. The number of hydrogen-bond acceptors (Lipinski definition) is 4. The van der Waals surface area contributed by atoms with E-state index < -0.39 is 17.3 Å². The summed E-state index contributed by atoms with van der Waals surface area (Å²) >= 11 is 6.08. The number of anilines is 2. The number of hydrogen-bond donors (Lipinski definition) is 2. The van der Waals surface area contributed by atoms with E-state index in [2.05, 4.69) is 10.8 Å². The summed E-state index contributed by atoms with van der Waals surface area (Å²) in [6.45, 7) is 1.97. The van der Waals surface area contributed by atoms with E-state index in [9.17, 15) is 14.0 Å². The highest BCUT2D eigenvalue weighted by atomic mass is 35.5. The van der Waals surface area contributed by atoms with Gasteiger partial charge in [0.15, 0.2) is 0 Å². The van der Waals surface area contributed by atoms with Gasteiger partial charge in [-0.3, -0.25) is 14.4 Å². The maximum atomic E-state index is 14.1. The molecular weight excluding hydrogens is 335 g/mol. The molecule has 0 atom stereocenters. The van der Waals surface area contributed by atoms with Gasteiger partial charge in [-0.05, 0) is 19.1 Å². The van der Waals surface area contributed by atoms with Crippen LogP contribution in [0.5, 0.6) is 0 Å². The molecule has 0 saturated heterocycles. The maximum Gasteiger partial charge on any atom is 0.278 e. The quantitative estimate of drug-likeness (QED) is 0.619. The lowest BCUT2D eigenvalue weighted by molar-refractivity contribution is 0.0364. The first-order chi connectivity index (χ1) is 11.3. The van der Waals surface area contributed by atoms with Crippen LogP contribution >= 0.6 is 11.6 Å². The molecule has 1 aromatic carbocycles. The number of pyridine rings is 1. The van der Waals surface area contributed by atoms with E-state index in [-0.39, 0.29) is 28.6 Å². The first kappa shape index (κ1) is 18.0. The zero-order valence-corrected chi connectivity index (χ0v) is 14.2. The van der Waals surface area contributed by atoms with E-state index in [1.54, 1.807) is 20.8 Å². The molecule has 6 nitrogen and oxygen atoms in total. The minimum atomic E-state index is -0.607. The number of nitrogens with zero attached hydrogens (tertiary/aromatic N) is 1. The van der Waals surface area contributed by atoms with Crippen molar-refractivity contribution in [2.24, 2.45) is 7.05 Å². The monoisotopic (exact) mass is 351 g/mol. The molecule has 9 heteroatoms. The summed E-state index contributed by atoms with van der Waals surface area (Å²) in [6.07, 6.45) is 1.30. The standard InChI is InChI=1S/C15H16BClFN3O3/c1-3-24-20-14(22)9-7-21(2)15(23)12(17)13(9)19-11-5-4-8(16)6-10(11)18/h4-7,19H,3,16H2,1-2H3,(H,20,22). The molecule has 0 spiro atoms. The van der Waals surface area contributed by atoms with Crippen LogP contribution in [0, 0.1) is 5.82 Å². The van der Waals surface area contributed by atoms with Crippen molar-refractivity contribution in [3.05, 3.63) is 51.2 Å². The third-order valence-electron chi connectivity index (χ3n) is 3.26. The van der Waals surface area contributed by atoms with Gasteiger partial charge in [0.25, 0.3) is 11.5 Å². The Bertz CT molecular complexity index is 841. The topological polar surface area (TPSA) is 72.4 Å². The summed E-state index contributed by atoms with van der Waals surface area (Å²) in [7, 11) is 3.21. The Balaban J connectivity index is 2.52. The Morgan fingerprint density at radius 2 is 2.17 bits per heavy atom. The molecule has 2 rings (SSSR count). The van der Waals surface area contributed by atoms with Gasteiger partial charge in [-0.25, -0.2) is 9.87 Å². The van der Waals surface area contributed by atoms with Gasteiger partial charge < -0.3 is 9.88 Å². The molecule has 1 heterocycles. The van der Waals surface area contributed by atoms with Crippen LogP contribution in [0.15, 0.2) is 29.2 Å². The zero-order valence-electron chi connectivity index (χ0n) is 13.4. The number of amides is 1. The molecule has 2 N–H and O–H groups in total. The third-order valence-corrected chi connectivity index (χ3v) is 3.61. The summed E-state index contributed by atoms with van der Waals surface area (Å²) in [5, 5.41) is 2.50. The molecule has 126 valence electrons. The molecule has 0 aliphatic carbocycles. The Kier molecular flexibility index (Phi) is 5.64. The molecule has 2 aromatic rings. The second-order valence-corrected chi connectivity index (χ2v) is 5.50. The highest BCUT2D eigenvalue weighted by Crippen LogP contribution is 2.27. The average molecular weight is 352 g/mol. The number of aromatic nitrogens is 1. The molecule has 1 amide bonds. The SMILES string of the molecule is Bc1ccc(Nc2c(C(=O)NOCC)cn(C)c(=O)c2Cl)c(F)c1. The Morgan fingerprint density at radius 1 is 1.46 bits per heavy atom. The van der Waals surface area contributed by atoms with Crippen molar-refractivity contribution < 1.29 is 14.0 Å². The largest absolute Gasteiger partial charge is 0.351 e. The van der Waals surface area contributed by atoms with Crippen LogP contribution in [0.3, 0.4) is 0 Å². The summed E-state index contributed by atoms with van der Waals surface area (Å²) in [5.41, 5.74) is 2.61. The van der Waals surface area contributed by atoms with E-state index >= 15 is 0 Å². The molecular formula is C15H16BClFN3O3. The molecule has 0 fully saturated rings. The van der Waals surface area contributed by atoms with Gasteiger partial charge in [0.2, 0.25) is 0 Å². The molecule has 0 bridgehead atoms. The van der Waals surface area contributed by atoms with Crippen LogP contribution in [-0.4, -0.2) is 24.9 Å². The molecule has 0 radical (unpaired) electrons. The fourth-order valence-corrected chi connectivity index (χ4v) is 2.32. The highest BCUT2D eigenvalue weighted by Gasteiger charge is 2.20. The van der Waals surface area contributed by atoms with Gasteiger partial charge in [0.1, 0.15) is 18.7 Å². The first-order valence-electron chi connectivity index (χ1n) is 7.19. The molecule has 1 aromatic heterocycles. The lowest BCUT2D eigenvalue weighted by Gasteiger charge is -2.15. The lowest BCUT2D eigenvalue weighted by Crippen LogP contribution is -2.28. The van der Waals surface area contributed by atoms with Gasteiger partial charge in [-0.1, -0.05) is 23.1 Å². The van der Waals surface area contributed by atoms with Gasteiger partial charge in [-0.2, -0.15) is 0 Å². The number of rotatable bonds is 5. The second kappa shape index (κ2) is 7.50. The van der Waals surface area contributed by atoms with Crippen LogP contribution in [0.2, 0.25) is 5.02 Å². The van der Waals surface area contributed by atoms with Crippen LogP contribution in [0.4, 0.5) is 15.8 Å². The minimum absolute atomic E-state index is 0.0136. The van der Waals surface area contributed by atoms with E-state index in [0.717, 1.165) is 5.46 Å². The van der Waals surface area contributed by atoms with Crippen molar-refractivity contribution in [2.45, 2.75) is 6.92 Å². The summed E-state index contributed by atoms with van der Waals surface area (Å²) in [4.78, 5) is 29.1. The molecule has 0 aliphatic rings. The molecule has 0 aliphatic heterocycles. The van der Waals surface area contributed by atoms with Gasteiger partial charge in [0, 0.05) is 13.2 Å². The molecule has 0 saturated carbocycles. The Hall–Kier alpha value is -2.32. The number of benzene rings is 1. The fourth-order valence-electron chi connectivity index (χ4n) is 2.04. The number of carbonyl (C=O) groups is 1. The van der Waals surface area contributed by atoms with Gasteiger partial charge in [0.05, 0.1) is 23.5 Å². The van der Waals surface area contributed by atoms with Crippen molar-refractivity contribution >= 4 is 42.2 Å². The van der Waals surface area contributed by atoms with Crippen LogP contribution < -0.4 is 21.8 Å². The number of aryl methyl sites for hydroxylation is 1. The Labute approximate surface area is 143 Å². The van der Waals surface area contributed by atoms with Crippen LogP contribution in [0.25, 0.3) is 0 Å². The van der Waals surface area contributed by atoms with Gasteiger partial charge >= 0.3 is 0 Å². The van der Waals surface area contributed by atoms with Crippen LogP contribution in [0.1, 0.15) is 17.3 Å². The number of hydroxylamine groups is 1. The number of carbonyl (C=O) groups excluding carboxylic acids is 1. The second-order valence-electron chi connectivity index (χ2n) is 5.12. The van der Waals surface area contributed by atoms with E-state index in [0.29, 0.717) is 0 Å². The van der Waals surface area contributed by atoms with Crippen molar-refractivity contribution in [2.75, 3.05) is 11.9 Å². The Morgan fingerprint density at radius 3 is 2.79 bits per heavy atom. The van der Waals surface area contributed by atoms with E-state index in [1.165, 1.54) is 29.9 Å². The first-order valence-corrected chi connectivity index (χ1v) is 7.57. The van der Waals surface area contributed by atoms with Crippen molar-refractivity contribution in [1.29, 1.82) is 0 Å². The van der Waals surface area contributed by atoms with E-state index in [4.69, 9.17) is 16.4 Å².